The lowest BCUT2D eigenvalue weighted by Crippen LogP contribution is -1.88. The van der Waals surface area contributed by atoms with E-state index in [9.17, 15) is 4.21 Å². The second kappa shape index (κ2) is 4.84. The summed E-state index contributed by atoms with van der Waals surface area (Å²) in [6.45, 7) is 1.98. The summed E-state index contributed by atoms with van der Waals surface area (Å²) < 4.78 is 18.6. The number of rotatable bonds is 3. The zero-order valence-electron chi connectivity index (χ0n) is 7.17. The second-order valence-corrected chi connectivity index (χ2v) is 3.43. The summed E-state index contributed by atoms with van der Waals surface area (Å²) in [4.78, 5) is 0. The molecule has 1 rings (SSSR count). The van der Waals surface area contributed by atoms with Gasteiger partial charge in [-0.1, -0.05) is 17.7 Å². The third-order valence-electron chi connectivity index (χ3n) is 1.39. The number of benzene rings is 1. The minimum absolute atomic E-state index is 0.173. The van der Waals surface area contributed by atoms with Gasteiger partial charge in [-0.15, -0.1) is 0 Å². The average molecular weight is 198 g/mol. The van der Waals surface area contributed by atoms with Crippen LogP contribution in [0.25, 0.3) is 0 Å². The Morgan fingerprint density at radius 2 is 2.00 bits per heavy atom. The van der Waals surface area contributed by atoms with Crippen LogP contribution < -0.4 is 0 Å². The first-order valence-corrected chi connectivity index (χ1v) is 4.97. The molecule has 0 aliphatic rings. The smallest absolute Gasteiger partial charge is 0.177 e. The van der Waals surface area contributed by atoms with Crippen LogP contribution >= 0.6 is 0 Å². The summed E-state index contributed by atoms with van der Waals surface area (Å²) in [7, 11) is 0. The summed E-state index contributed by atoms with van der Waals surface area (Å²) >= 11 is -1.90. The predicted molar refractivity (Wildman–Crippen MR) is 51.3 cm³/mol. The maximum Gasteiger partial charge on any atom is 0.177 e. The zero-order chi connectivity index (χ0) is 9.68. The lowest BCUT2D eigenvalue weighted by molar-refractivity contribution is 0.564. The third kappa shape index (κ3) is 3.91. The van der Waals surface area contributed by atoms with Crippen molar-refractivity contribution in [2.45, 2.75) is 6.92 Å². The van der Waals surface area contributed by atoms with E-state index in [1.54, 1.807) is 12.1 Å². The molecule has 0 radical (unpaired) electrons. The van der Waals surface area contributed by atoms with Gasteiger partial charge in [0.25, 0.3) is 0 Å². The molecule has 5 heteroatoms. The van der Waals surface area contributed by atoms with Crippen molar-refractivity contribution in [2.75, 3.05) is 5.88 Å². The molecule has 0 bridgehead atoms. The van der Waals surface area contributed by atoms with Crippen molar-refractivity contribution < 1.29 is 8.76 Å². The van der Waals surface area contributed by atoms with Crippen molar-refractivity contribution in [1.29, 1.82) is 0 Å². The third-order valence-corrected chi connectivity index (χ3v) is 1.72. The summed E-state index contributed by atoms with van der Waals surface area (Å²) in [5.41, 5.74) is 1.83. The van der Waals surface area contributed by atoms with Crippen LogP contribution in [0.2, 0.25) is 0 Å². The summed E-state index contributed by atoms with van der Waals surface area (Å²) in [5.74, 6) is -0.173. The van der Waals surface area contributed by atoms with Crippen LogP contribution in [0.5, 0.6) is 0 Å². The van der Waals surface area contributed by atoms with Crippen molar-refractivity contribution in [2.24, 2.45) is 10.2 Å². The number of aryl methyl sites for hydroxylation is 1. The van der Waals surface area contributed by atoms with Gasteiger partial charge in [-0.2, -0.15) is 10.2 Å². The number of hydrogen-bond acceptors (Lipinski definition) is 3. The van der Waals surface area contributed by atoms with Gasteiger partial charge in [0, 0.05) is 0 Å². The van der Waals surface area contributed by atoms with Crippen LogP contribution in [0.3, 0.4) is 0 Å². The van der Waals surface area contributed by atoms with Gasteiger partial charge >= 0.3 is 0 Å². The lowest BCUT2D eigenvalue weighted by Gasteiger charge is -1.92. The molecule has 1 atom stereocenters. The highest BCUT2D eigenvalue weighted by Crippen LogP contribution is 2.12. The molecule has 13 heavy (non-hydrogen) atoms. The minimum atomic E-state index is -1.90. The van der Waals surface area contributed by atoms with E-state index >= 15 is 0 Å². The molecule has 0 saturated heterocycles. The van der Waals surface area contributed by atoms with E-state index in [0.717, 1.165) is 5.56 Å². The van der Waals surface area contributed by atoms with Crippen molar-refractivity contribution in [3.05, 3.63) is 29.8 Å². The molecule has 0 heterocycles. The second-order valence-electron chi connectivity index (χ2n) is 2.53. The largest absolute Gasteiger partial charge is 0.305 e. The number of nitrogens with zero attached hydrogens (tertiary/aromatic N) is 2. The van der Waals surface area contributed by atoms with Gasteiger partial charge in [0.15, 0.2) is 17.0 Å². The monoisotopic (exact) mass is 198 g/mol. The standard InChI is InChI=1S/C8H10N2O2S/c1-7-2-4-8(5-3-7)10-9-6-13(11)12/h2-5H,6H2,1H3,(H,11,12). The molecule has 1 unspecified atom stereocenters. The molecule has 0 fully saturated rings. The Morgan fingerprint density at radius 1 is 1.38 bits per heavy atom. The molecule has 1 N–H and O–H groups in total. The van der Waals surface area contributed by atoms with Gasteiger partial charge in [0.05, 0.1) is 5.69 Å². The summed E-state index contributed by atoms with van der Waals surface area (Å²) in [6, 6.07) is 7.42. The van der Waals surface area contributed by atoms with E-state index in [-0.39, 0.29) is 5.88 Å². The fourth-order valence-corrected chi connectivity index (χ4v) is 0.928. The van der Waals surface area contributed by atoms with E-state index in [1.165, 1.54) is 0 Å². The number of azo groups is 1. The first-order valence-electron chi connectivity index (χ1n) is 3.70. The molecule has 0 aliphatic carbocycles. The van der Waals surface area contributed by atoms with Crippen LogP contribution in [0.4, 0.5) is 5.69 Å². The highest BCUT2D eigenvalue weighted by atomic mass is 32.2. The van der Waals surface area contributed by atoms with Crippen molar-refractivity contribution in [1.82, 2.24) is 0 Å². The van der Waals surface area contributed by atoms with E-state index in [2.05, 4.69) is 10.2 Å². The molecule has 4 nitrogen and oxygen atoms in total. The van der Waals surface area contributed by atoms with Gasteiger partial charge < -0.3 is 4.55 Å². The Hall–Kier alpha value is -1.07. The minimum Gasteiger partial charge on any atom is -0.305 e. The highest BCUT2D eigenvalue weighted by Gasteiger charge is 1.90. The molecule has 1 aromatic carbocycles. The topological polar surface area (TPSA) is 62.0 Å². The average Bonchev–Trinajstić information content (AvgIpc) is 2.08. The fraction of sp³-hybridized carbons (Fsp3) is 0.250. The Morgan fingerprint density at radius 3 is 2.54 bits per heavy atom. The molecular weight excluding hydrogens is 188 g/mol. The van der Waals surface area contributed by atoms with E-state index < -0.39 is 11.1 Å². The molecule has 0 aliphatic heterocycles. The summed E-state index contributed by atoms with van der Waals surface area (Å²) in [5, 5.41) is 7.31. The Labute approximate surface area is 79.0 Å². The van der Waals surface area contributed by atoms with Crippen LogP contribution in [-0.4, -0.2) is 14.6 Å². The molecule has 0 aromatic heterocycles. The van der Waals surface area contributed by atoms with Gasteiger partial charge in [-0.25, -0.2) is 4.21 Å². The molecule has 0 amide bonds. The van der Waals surface area contributed by atoms with Crippen molar-refractivity contribution in [3.8, 4) is 0 Å². The van der Waals surface area contributed by atoms with E-state index in [1.807, 2.05) is 19.1 Å². The molecule has 0 spiro atoms. The van der Waals surface area contributed by atoms with Gasteiger partial charge in [0.1, 0.15) is 0 Å². The van der Waals surface area contributed by atoms with Gasteiger partial charge in [-0.3, -0.25) is 0 Å². The van der Waals surface area contributed by atoms with Crippen LogP contribution in [0.15, 0.2) is 34.5 Å². The highest BCUT2D eigenvalue weighted by molar-refractivity contribution is 7.79. The molecule has 70 valence electrons. The maximum absolute atomic E-state index is 10.2. The SMILES string of the molecule is Cc1ccc(N=NCS(=O)O)cc1. The summed E-state index contributed by atoms with van der Waals surface area (Å²) in [6.07, 6.45) is 0. The Balaban J connectivity index is 2.59. The number of hydrogen-bond donors (Lipinski definition) is 1. The first kappa shape index (κ1) is 10.0. The Kier molecular flexibility index (Phi) is 3.72. The zero-order valence-corrected chi connectivity index (χ0v) is 7.99. The van der Waals surface area contributed by atoms with Crippen LogP contribution in [-0.2, 0) is 11.1 Å². The fourth-order valence-electron chi connectivity index (χ4n) is 0.771. The maximum atomic E-state index is 10.2. The predicted octanol–water partition coefficient (Wildman–Crippen LogP) is 2.26. The van der Waals surface area contributed by atoms with Gasteiger partial charge in [-0.05, 0) is 19.1 Å². The Bertz CT molecular complexity index is 321. The normalized spacial score (nSPS) is 13.4. The first-order chi connectivity index (χ1) is 6.18. The quantitative estimate of drug-likeness (QED) is 0.598. The van der Waals surface area contributed by atoms with E-state index in [0.29, 0.717) is 5.69 Å². The molecule has 1 aromatic rings. The van der Waals surface area contributed by atoms with Crippen LogP contribution in [0.1, 0.15) is 5.56 Å². The molecular formula is C8H10N2O2S. The van der Waals surface area contributed by atoms with Crippen LogP contribution in [0, 0.1) is 6.92 Å². The lowest BCUT2D eigenvalue weighted by atomic mass is 10.2. The van der Waals surface area contributed by atoms with Crippen molar-refractivity contribution >= 4 is 16.8 Å². The van der Waals surface area contributed by atoms with Crippen molar-refractivity contribution in [3.63, 3.8) is 0 Å². The molecule has 0 saturated carbocycles. The van der Waals surface area contributed by atoms with Gasteiger partial charge in [0.2, 0.25) is 0 Å². The van der Waals surface area contributed by atoms with E-state index in [4.69, 9.17) is 4.55 Å².